The van der Waals surface area contributed by atoms with Gasteiger partial charge in [0.1, 0.15) is 11.5 Å². The van der Waals surface area contributed by atoms with Gasteiger partial charge in [-0.3, -0.25) is 4.79 Å². The first-order chi connectivity index (χ1) is 16.0. The fourth-order valence-corrected chi connectivity index (χ4v) is 5.43. The van der Waals surface area contributed by atoms with E-state index in [2.05, 4.69) is 22.5 Å². The van der Waals surface area contributed by atoms with Crippen LogP contribution in [0.15, 0.2) is 36.4 Å². The lowest BCUT2D eigenvalue weighted by molar-refractivity contribution is 0.0224. The highest BCUT2D eigenvalue weighted by Gasteiger charge is 2.44. The molecule has 2 aromatic rings. The zero-order valence-corrected chi connectivity index (χ0v) is 20.8. The minimum absolute atomic E-state index is 0.159. The Morgan fingerprint density at radius 2 is 1.85 bits per heavy atom. The quantitative estimate of drug-likeness (QED) is 0.597. The van der Waals surface area contributed by atoms with Crippen molar-refractivity contribution >= 4 is 11.9 Å². The number of primary amides is 1. The zero-order chi connectivity index (χ0) is 24.7. The molecule has 2 aromatic carbocycles. The maximum atomic E-state index is 13.0. The van der Waals surface area contributed by atoms with Gasteiger partial charge in [-0.15, -0.1) is 0 Å². The molecule has 0 spiro atoms. The van der Waals surface area contributed by atoms with Gasteiger partial charge in [-0.2, -0.15) is 0 Å². The first-order valence-electron chi connectivity index (χ1n) is 12.0. The lowest BCUT2D eigenvalue weighted by Gasteiger charge is -2.52. The van der Waals surface area contributed by atoms with E-state index in [0.29, 0.717) is 28.5 Å². The minimum Gasteiger partial charge on any atom is -0.457 e. The van der Waals surface area contributed by atoms with E-state index < -0.39 is 11.4 Å². The van der Waals surface area contributed by atoms with Crippen LogP contribution in [0.5, 0.6) is 11.5 Å². The fraction of sp³-hybridized carbons (Fsp3) is 0.481. The molecular formula is C27H36N4O3. The fourth-order valence-electron chi connectivity index (χ4n) is 5.43. The number of benzene rings is 2. The summed E-state index contributed by atoms with van der Waals surface area (Å²) in [4.78, 5) is 27.2. The molecule has 5 rings (SSSR count). The predicted molar refractivity (Wildman–Crippen MR) is 133 cm³/mol. The maximum Gasteiger partial charge on any atom is 0.315 e. The van der Waals surface area contributed by atoms with Crippen LogP contribution in [0.25, 0.3) is 0 Å². The first-order valence-corrected chi connectivity index (χ1v) is 12.0. The topological polar surface area (TPSA) is 96.7 Å². The van der Waals surface area contributed by atoms with Gasteiger partial charge in [0.2, 0.25) is 5.91 Å². The number of nitrogens with one attached hydrogen (secondary N) is 2. The Balaban J connectivity index is 1.49. The minimum atomic E-state index is -0.618. The van der Waals surface area contributed by atoms with Crippen LogP contribution in [-0.4, -0.2) is 42.0 Å². The highest BCUT2D eigenvalue weighted by molar-refractivity contribution is 5.95. The normalized spacial score (nSPS) is 23.9. The Bertz CT molecular complexity index is 1110. The summed E-state index contributed by atoms with van der Waals surface area (Å²) in [6.07, 6.45) is 2.27. The van der Waals surface area contributed by atoms with Gasteiger partial charge in [-0.05, 0) is 95.8 Å². The summed E-state index contributed by atoms with van der Waals surface area (Å²) in [5.74, 6) is 1.28. The molecule has 0 aromatic heterocycles. The van der Waals surface area contributed by atoms with Gasteiger partial charge in [0, 0.05) is 17.7 Å². The Morgan fingerprint density at radius 1 is 1.15 bits per heavy atom. The molecule has 3 aliphatic heterocycles. The number of ether oxygens (including phenoxy) is 1. The van der Waals surface area contributed by atoms with E-state index in [9.17, 15) is 9.59 Å². The Hall–Kier alpha value is -3.06. The molecule has 3 heterocycles. The number of piperidine rings is 3. The molecule has 0 aliphatic carbocycles. The molecule has 0 radical (unpaired) electrons. The molecule has 3 aliphatic rings. The number of amides is 3. The van der Waals surface area contributed by atoms with E-state index in [-0.39, 0.29) is 11.6 Å². The number of nitrogens with two attached hydrogens (primary N) is 1. The average molecular weight is 465 g/mol. The van der Waals surface area contributed by atoms with Crippen molar-refractivity contribution in [3.63, 3.8) is 0 Å². The van der Waals surface area contributed by atoms with Crippen LogP contribution in [0.1, 0.15) is 60.7 Å². The molecule has 3 saturated heterocycles. The monoisotopic (exact) mass is 464 g/mol. The summed E-state index contributed by atoms with van der Waals surface area (Å²) in [6.45, 7) is 13.0. The molecule has 2 bridgehead atoms. The highest BCUT2D eigenvalue weighted by Crippen LogP contribution is 2.36. The zero-order valence-electron chi connectivity index (χ0n) is 20.8. The van der Waals surface area contributed by atoms with Crippen molar-refractivity contribution in [2.24, 2.45) is 11.7 Å². The van der Waals surface area contributed by atoms with Crippen LogP contribution in [0.2, 0.25) is 0 Å². The van der Waals surface area contributed by atoms with Crippen LogP contribution >= 0.6 is 0 Å². The predicted octanol–water partition coefficient (Wildman–Crippen LogP) is 4.21. The lowest BCUT2D eigenvalue weighted by Crippen LogP contribution is -2.67. The smallest absolute Gasteiger partial charge is 0.315 e. The molecule has 3 amide bonds. The van der Waals surface area contributed by atoms with Gasteiger partial charge >= 0.3 is 6.03 Å². The van der Waals surface area contributed by atoms with Crippen LogP contribution in [-0.2, 0) is 5.54 Å². The second-order valence-corrected chi connectivity index (χ2v) is 10.6. The number of aryl methyl sites for hydroxylation is 1. The SMILES string of the molecule is Cc1ccc(C(N)=O)c(C)c1Oc1cccc(C(C)(C)NC(=O)NC2(C)CN3CCC2CC3)c1. The standard InChI is InChI=1S/C27H36N4O3/c1-17-9-10-22(24(28)32)18(2)23(17)34-21-8-6-7-20(15-21)26(3,4)29-25(33)30-27(5)16-31-13-11-19(27)12-14-31/h6-10,15,19H,11-14,16H2,1-5H3,(H2,28,32)(H2,29,30,33). The number of nitrogens with zero attached hydrogens (tertiary/aromatic N) is 1. The van der Waals surface area contributed by atoms with Gasteiger partial charge in [-0.1, -0.05) is 18.2 Å². The molecule has 34 heavy (non-hydrogen) atoms. The number of urea groups is 1. The second-order valence-electron chi connectivity index (χ2n) is 10.6. The summed E-state index contributed by atoms with van der Waals surface area (Å²) < 4.78 is 6.20. The number of carbonyl (C=O) groups is 2. The molecule has 7 heteroatoms. The van der Waals surface area contributed by atoms with E-state index in [1.54, 1.807) is 6.07 Å². The number of hydrogen-bond acceptors (Lipinski definition) is 4. The number of carbonyl (C=O) groups excluding carboxylic acids is 2. The lowest BCUT2D eigenvalue weighted by atomic mass is 9.74. The summed E-state index contributed by atoms with van der Waals surface area (Å²) in [5.41, 5.74) is 7.66. The average Bonchev–Trinajstić information content (AvgIpc) is 2.76. The van der Waals surface area contributed by atoms with E-state index in [1.807, 2.05) is 58.0 Å². The van der Waals surface area contributed by atoms with Crippen molar-refractivity contribution in [2.45, 2.75) is 58.5 Å². The van der Waals surface area contributed by atoms with Crippen LogP contribution in [0.4, 0.5) is 4.79 Å². The Kier molecular flexibility index (Phi) is 6.34. The molecular weight excluding hydrogens is 428 g/mol. The molecule has 7 nitrogen and oxygen atoms in total. The van der Waals surface area contributed by atoms with E-state index in [0.717, 1.165) is 43.6 Å². The van der Waals surface area contributed by atoms with Gasteiger partial charge in [-0.25, -0.2) is 4.79 Å². The number of rotatable bonds is 6. The molecule has 182 valence electrons. The van der Waals surface area contributed by atoms with Gasteiger partial charge in [0.05, 0.1) is 11.1 Å². The molecule has 0 saturated carbocycles. The molecule has 1 unspecified atom stereocenters. The van der Waals surface area contributed by atoms with Gasteiger partial charge < -0.3 is 26.0 Å². The van der Waals surface area contributed by atoms with E-state index >= 15 is 0 Å². The molecule has 1 atom stereocenters. The Morgan fingerprint density at radius 3 is 2.47 bits per heavy atom. The summed E-state index contributed by atoms with van der Waals surface area (Å²) >= 11 is 0. The summed E-state index contributed by atoms with van der Waals surface area (Å²) in [6, 6.07) is 11.1. The third-order valence-corrected chi connectivity index (χ3v) is 7.51. The molecule has 4 N–H and O–H groups in total. The Labute approximate surface area is 202 Å². The van der Waals surface area contributed by atoms with Crippen LogP contribution in [0, 0.1) is 19.8 Å². The van der Waals surface area contributed by atoms with Gasteiger partial charge in [0.25, 0.3) is 0 Å². The highest BCUT2D eigenvalue weighted by atomic mass is 16.5. The number of fused-ring (bicyclic) bond motifs is 3. The molecule has 3 fully saturated rings. The van der Waals surface area contributed by atoms with Crippen molar-refractivity contribution < 1.29 is 14.3 Å². The van der Waals surface area contributed by atoms with Crippen LogP contribution in [0.3, 0.4) is 0 Å². The third-order valence-electron chi connectivity index (χ3n) is 7.51. The largest absolute Gasteiger partial charge is 0.457 e. The van der Waals surface area contributed by atoms with Crippen molar-refractivity contribution in [1.82, 2.24) is 15.5 Å². The van der Waals surface area contributed by atoms with Crippen molar-refractivity contribution in [2.75, 3.05) is 19.6 Å². The van der Waals surface area contributed by atoms with Crippen molar-refractivity contribution in [3.05, 3.63) is 58.7 Å². The van der Waals surface area contributed by atoms with Crippen molar-refractivity contribution in [3.8, 4) is 11.5 Å². The number of hydrogen-bond donors (Lipinski definition) is 3. The maximum absolute atomic E-state index is 13.0. The third kappa shape index (κ3) is 4.75. The summed E-state index contributed by atoms with van der Waals surface area (Å²) in [7, 11) is 0. The van der Waals surface area contributed by atoms with Crippen LogP contribution < -0.4 is 21.1 Å². The van der Waals surface area contributed by atoms with Gasteiger partial charge in [0.15, 0.2) is 0 Å². The van der Waals surface area contributed by atoms with E-state index in [1.165, 1.54) is 0 Å². The summed E-state index contributed by atoms with van der Waals surface area (Å²) in [5, 5.41) is 6.43. The second kappa shape index (κ2) is 8.95. The first kappa shape index (κ1) is 24.1. The van der Waals surface area contributed by atoms with Crippen molar-refractivity contribution in [1.29, 1.82) is 0 Å². The van der Waals surface area contributed by atoms with E-state index in [4.69, 9.17) is 10.5 Å².